The second kappa shape index (κ2) is 9.17. The van der Waals surface area contributed by atoms with Gasteiger partial charge in [-0.2, -0.15) is 0 Å². The molecule has 0 spiro atoms. The molecule has 1 N–H and O–H groups in total. The molecule has 1 aromatic heterocycles. The van der Waals surface area contributed by atoms with Crippen LogP contribution in [0, 0.1) is 0 Å². The molecule has 7 heteroatoms. The van der Waals surface area contributed by atoms with E-state index < -0.39 is 5.54 Å². The number of aromatic nitrogens is 1. The summed E-state index contributed by atoms with van der Waals surface area (Å²) in [5.74, 6) is -1.01. The normalized spacial score (nSPS) is 13.1. The number of imide groups is 1. The summed E-state index contributed by atoms with van der Waals surface area (Å²) in [5.41, 5.74) is 4.23. The Morgan fingerprint density at radius 1 is 0.889 bits per heavy atom. The molecule has 0 saturated heterocycles. The average Bonchev–Trinajstić information content (AvgIpc) is 3.46. The molecule has 1 aliphatic rings. The number of carbonyl (C=O) groups is 3. The summed E-state index contributed by atoms with van der Waals surface area (Å²) in [6.45, 7) is 5.75. The van der Waals surface area contributed by atoms with E-state index >= 15 is 0 Å². The molecule has 6 nitrogen and oxygen atoms in total. The molecule has 1 aliphatic heterocycles. The fraction of sp³-hybridized carbons (Fsp3) is 0.172. The maximum atomic E-state index is 12.9. The molecule has 5 rings (SSSR count). The monoisotopic (exact) mass is 495 g/mol. The van der Waals surface area contributed by atoms with Crippen molar-refractivity contribution in [2.24, 2.45) is 0 Å². The van der Waals surface area contributed by atoms with Crippen LogP contribution in [0.4, 0.5) is 0 Å². The molecule has 0 atom stereocenters. The highest BCUT2D eigenvalue weighted by atomic mass is 32.1. The lowest BCUT2D eigenvalue weighted by atomic mass is 10.0. The highest BCUT2D eigenvalue weighted by Crippen LogP contribution is 2.31. The van der Waals surface area contributed by atoms with E-state index in [1.807, 2.05) is 80.7 Å². The fourth-order valence-electron chi connectivity index (χ4n) is 4.24. The molecule has 2 heterocycles. The molecule has 3 aromatic carbocycles. The number of nitrogens with one attached hydrogen (secondary N) is 1. The van der Waals surface area contributed by atoms with Crippen molar-refractivity contribution < 1.29 is 14.4 Å². The van der Waals surface area contributed by atoms with E-state index in [1.165, 1.54) is 11.0 Å². The number of hydrogen-bond acceptors (Lipinski definition) is 5. The standard InChI is InChI=1S/C29H25N3O3S/c1-29(2,3)32-27(34)22-13-12-20(15-23(22)28(32)35)25(33)30-16-18-8-7-11-21(14-18)26-31-24(17-36-26)19-9-5-4-6-10-19/h4-15,17H,16H2,1-3H3,(H,30,33). The molecule has 0 fully saturated rings. The molecular formula is C29H25N3O3S. The van der Waals surface area contributed by atoms with Gasteiger partial charge in [-0.05, 0) is 50.6 Å². The van der Waals surface area contributed by atoms with Crippen LogP contribution in [0.2, 0.25) is 0 Å². The minimum absolute atomic E-state index is 0.266. The summed E-state index contributed by atoms with van der Waals surface area (Å²) in [4.78, 5) is 44.4. The summed E-state index contributed by atoms with van der Waals surface area (Å²) in [5, 5.41) is 5.87. The lowest BCUT2D eigenvalue weighted by Gasteiger charge is -2.29. The quantitative estimate of drug-likeness (QED) is 0.355. The van der Waals surface area contributed by atoms with Crippen LogP contribution in [-0.2, 0) is 6.54 Å². The number of benzene rings is 3. The molecule has 0 aliphatic carbocycles. The fourth-order valence-corrected chi connectivity index (χ4v) is 5.06. The van der Waals surface area contributed by atoms with E-state index in [-0.39, 0.29) is 23.3 Å². The Hall–Kier alpha value is -4.10. The lowest BCUT2D eigenvalue weighted by Crippen LogP contribution is -2.45. The van der Waals surface area contributed by atoms with Crippen molar-refractivity contribution in [3.63, 3.8) is 0 Å². The number of hydrogen-bond donors (Lipinski definition) is 1. The second-order valence-corrected chi connectivity index (χ2v) is 10.5. The van der Waals surface area contributed by atoms with Crippen molar-refractivity contribution >= 4 is 29.1 Å². The molecule has 0 unspecified atom stereocenters. The van der Waals surface area contributed by atoms with Gasteiger partial charge in [0.1, 0.15) is 5.01 Å². The number of fused-ring (bicyclic) bond motifs is 1. The van der Waals surface area contributed by atoms with Crippen LogP contribution in [0.5, 0.6) is 0 Å². The predicted octanol–water partition coefficient (Wildman–Crippen LogP) is 5.80. The number of amides is 3. The Kier molecular flexibility index (Phi) is 6.02. The van der Waals surface area contributed by atoms with Gasteiger partial charge in [0.15, 0.2) is 0 Å². The Morgan fingerprint density at radius 2 is 1.61 bits per heavy atom. The first-order chi connectivity index (χ1) is 17.2. The van der Waals surface area contributed by atoms with Gasteiger partial charge in [-0.15, -0.1) is 11.3 Å². The summed E-state index contributed by atoms with van der Waals surface area (Å²) >= 11 is 1.58. The number of rotatable bonds is 5. The van der Waals surface area contributed by atoms with E-state index in [9.17, 15) is 14.4 Å². The first-order valence-corrected chi connectivity index (χ1v) is 12.5. The third kappa shape index (κ3) is 4.45. The molecule has 0 saturated carbocycles. The van der Waals surface area contributed by atoms with Gasteiger partial charge in [-0.25, -0.2) is 4.98 Å². The Morgan fingerprint density at radius 3 is 2.36 bits per heavy atom. The van der Waals surface area contributed by atoms with Crippen molar-refractivity contribution in [1.29, 1.82) is 0 Å². The first-order valence-electron chi connectivity index (χ1n) is 11.6. The van der Waals surface area contributed by atoms with E-state index in [1.54, 1.807) is 23.5 Å². The highest BCUT2D eigenvalue weighted by Gasteiger charge is 2.42. The second-order valence-electron chi connectivity index (χ2n) is 9.66. The largest absolute Gasteiger partial charge is 0.348 e. The SMILES string of the molecule is CC(C)(C)N1C(=O)c2ccc(C(=O)NCc3cccc(-c4nc(-c5ccccc5)cs4)c3)cc2C1=O. The van der Waals surface area contributed by atoms with Gasteiger partial charge in [0.25, 0.3) is 17.7 Å². The Balaban J connectivity index is 1.29. The summed E-state index contributed by atoms with van der Waals surface area (Å²) in [7, 11) is 0. The van der Waals surface area contributed by atoms with Crippen LogP contribution in [0.15, 0.2) is 78.2 Å². The number of thiazole rings is 1. The maximum Gasteiger partial charge on any atom is 0.262 e. The van der Waals surface area contributed by atoms with Gasteiger partial charge in [-0.3, -0.25) is 19.3 Å². The average molecular weight is 496 g/mol. The van der Waals surface area contributed by atoms with Crippen LogP contribution in [0.3, 0.4) is 0 Å². The van der Waals surface area contributed by atoms with Gasteiger partial charge in [0.05, 0.1) is 16.8 Å². The minimum atomic E-state index is -0.639. The van der Waals surface area contributed by atoms with E-state index in [0.717, 1.165) is 27.4 Å². The zero-order chi connectivity index (χ0) is 25.4. The first kappa shape index (κ1) is 23.6. The van der Waals surface area contributed by atoms with Gasteiger partial charge in [-0.1, -0.05) is 48.5 Å². The van der Waals surface area contributed by atoms with Gasteiger partial charge >= 0.3 is 0 Å². The highest BCUT2D eigenvalue weighted by molar-refractivity contribution is 7.13. The smallest absolute Gasteiger partial charge is 0.262 e. The van der Waals surface area contributed by atoms with Crippen molar-refractivity contribution in [3.05, 3.63) is 100 Å². The van der Waals surface area contributed by atoms with Gasteiger partial charge in [0.2, 0.25) is 0 Å². The molecule has 3 amide bonds. The third-order valence-electron chi connectivity index (χ3n) is 6.02. The lowest BCUT2D eigenvalue weighted by molar-refractivity contribution is 0.0507. The molecule has 36 heavy (non-hydrogen) atoms. The molecule has 0 bridgehead atoms. The van der Waals surface area contributed by atoms with Crippen molar-refractivity contribution in [3.8, 4) is 21.8 Å². The zero-order valence-corrected chi connectivity index (χ0v) is 21.1. The van der Waals surface area contributed by atoms with Crippen LogP contribution >= 0.6 is 11.3 Å². The van der Waals surface area contributed by atoms with Crippen LogP contribution < -0.4 is 5.32 Å². The Labute approximate surface area is 213 Å². The van der Waals surface area contributed by atoms with Crippen LogP contribution in [-0.4, -0.2) is 33.1 Å². The van der Waals surface area contributed by atoms with Gasteiger partial charge < -0.3 is 5.32 Å². The molecule has 4 aromatic rings. The number of nitrogens with zero attached hydrogens (tertiary/aromatic N) is 2. The molecule has 180 valence electrons. The van der Waals surface area contributed by atoms with E-state index in [2.05, 4.69) is 5.32 Å². The minimum Gasteiger partial charge on any atom is -0.348 e. The van der Waals surface area contributed by atoms with E-state index in [0.29, 0.717) is 17.7 Å². The Bertz CT molecular complexity index is 1490. The number of carbonyl (C=O) groups excluding carboxylic acids is 3. The van der Waals surface area contributed by atoms with E-state index in [4.69, 9.17) is 4.98 Å². The van der Waals surface area contributed by atoms with Crippen LogP contribution in [0.1, 0.15) is 57.4 Å². The van der Waals surface area contributed by atoms with Crippen molar-refractivity contribution in [2.75, 3.05) is 0 Å². The van der Waals surface area contributed by atoms with Crippen LogP contribution in [0.25, 0.3) is 21.8 Å². The molecule has 0 radical (unpaired) electrons. The van der Waals surface area contributed by atoms with Gasteiger partial charge in [0, 0.05) is 34.2 Å². The predicted molar refractivity (Wildman–Crippen MR) is 141 cm³/mol. The topological polar surface area (TPSA) is 79.4 Å². The summed E-state index contributed by atoms with van der Waals surface area (Å²) < 4.78 is 0. The van der Waals surface area contributed by atoms with Crippen molar-refractivity contribution in [1.82, 2.24) is 15.2 Å². The maximum absolute atomic E-state index is 12.9. The van der Waals surface area contributed by atoms with Crippen molar-refractivity contribution in [2.45, 2.75) is 32.9 Å². The summed E-state index contributed by atoms with van der Waals surface area (Å²) in [6, 6.07) is 22.6. The third-order valence-corrected chi connectivity index (χ3v) is 6.91. The zero-order valence-electron chi connectivity index (χ0n) is 20.2. The summed E-state index contributed by atoms with van der Waals surface area (Å²) in [6.07, 6.45) is 0. The molecular weight excluding hydrogens is 470 g/mol.